The maximum atomic E-state index is 12.5. The third kappa shape index (κ3) is 3.37. The largest absolute Gasteiger partial charge is 0.422 e. The Kier molecular flexibility index (Phi) is 4.51. The molecule has 2 aromatic heterocycles. The molecule has 1 N–H and O–H groups in total. The van der Waals surface area contributed by atoms with Crippen LogP contribution in [0.3, 0.4) is 0 Å². The van der Waals surface area contributed by atoms with E-state index in [1.54, 1.807) is 31.5 Å². The molecule has 8 nitrogen and oxygen atoms in total. The number of aryl methyl sites for hydroxylation is 1. The van der Waals surface area contributed by atoms with Crippen molar-refractivity contribution in [2.75, 3.05) is 0 Å². The summed E-state index contributed by atoms with van der Waals surface area (Å²) >= 11 is 0. The van der Waals surface area contributed by atoms with Gasteiger partial charge in [0.15, 0.2) is 0 Å². The highest BCUT2D eigenvalue weighted by molar-refractivity contribution is 7.89. The van der Waals surface area contributed by atoms with Crippen LogP contribution in [-0.2, 0) is 23.1 Å². The van der Waals surface area contributed by atoms with E-state index in [2.05, 4.69) is 14.1 Å². The maximum Gasteiger partial charge on any atom is 0.422 e. The lowest BCUT2D eigenvalue weighted by Crippen LogP contribution is -2.26. The smallest absolute Gasteiger partial charge is 0.372 e. The predicted octanol–water partition coefficient (Wildman–Crippen LogP) is 0.848. The van der Waals surface area contributed by atoms with Crippen molar-refractivity contribution >= 4 is 20.9 Å². The highest BCUT2D eigenvalue weighted by atomic mass is 32.2. The number of nitrogens with one attached hydrogen (secondary N) is 1. The summed E-state index contributed by atoms with van der Waals surface area (Å²) in [6.45, 7) is 2.11. The van der Waals surface area contributed by atoms with Gasteiger partial charge >= 0.3 is 11.4 Å². The Morgan fingerprint density at radius 2 is 1.88 bits per heavy atom. The molecule has 9 heteroatoms. The predicted molar refractivity (Wildman–Crippen MR) is 90.7 cm³/mol. The molecular weight excluding hydrogens is 346 g/mol. The van der Waals surface area contributed by atoms with Crippen LogP contribution in [0.25, 0.3) is 10.9 Å². The Morgan fingerprint density at radius 1 is 1.16 bits per heavy atom. The molecule has 0 saturated heterocycles. The average molecular weight is 361 g/mol. The van der Waals surface area contributed by atoms with Gasteiger partial charge in [-0.3, -0.25) is 9.55 Å². The molecule has 130 valence electrons. The average Bonchev–Trinajstić information content (AvgIpc) is 2.61. The first kappa shape index (κ1) is 17.1. The third-order valence-corrected chi connectivity index (χ3v) is 5.12. The van der Waals surface area contributed by atoms with Crippen molar-refractivity contribution in [2.45, 2.75) is 24.9 Å². The van der Waals surface area contributed by atoms with Gasteiger partial charge in [-0.05, 0) is 42.8 Å². The molecule has 3 rings (SSSR count). The van der Waals surface area contributed by atoms with E-state index >= 15 is 0 Å². The van der Waals surface area contributed by atoms with E-state index in [0.717, 1.165) is 5.56 Å². The first-order chi connectivity index (χ1) is 11.9. The van der Waals surface area contributed by atoms with Crippen molar-refractivity contribution in [1.82, 2.24) is 14.3 Å². The molecule has 1 aromatic carbocycles. The number of rotatable bonds is 5. The van der Waals surface area contributed by atoms with Gasteiger partial charge in [0.25, 0.3) is 0 Å². The molecule has 0 atom stereocenters. The third-order valence-electron chi connectivity index (χ3n) is 3.72. The van der Waals surface area contributed by atoms with E-state index in [1.165, 1.54) is 22.8 Å². The molecule has 0 unspecified atom stereocenters. The standard InChI is InChI=1S/C16H15N3O5S/c1-2-19-14-4-3-12(9-13(14)15(20)24-16(19)21)25(22,23)18-10-11-5-7-17-8-6-11/h3-9,18H,2,10H2,1H3. The lowest BCUT2D eigenvalue weighted by molar-refractivity contribution is 0.421. The van der Waals surface area contributed by atoms with Gasteiger partial charge < -0.3 is 4.42 Å². The van der Waals surface area contributed by atoms with E-state index < -0.39 is 21.4 Å². The van der Waals surface area contributed by atoms with Crippen LogP contribution >= 0.6 is 0 Å². The minimum absolute atomic E-state index is 0.0354. The number of benzene rings is 1. The Balaban J connectivity index is 2.01. The molecule has 0 aliphatic heterocycles. The van der Waals surface area contributed by atoms with Crippen LogP contribution in [0.15, 0.2) is 61.6 Å². The highest BCUT2D eigenvalue weighted by Crippen LogP contribution is 2.16. The van der Waals surface area contributed by atoms with E-state index in [-0.39, 0.29) is 16.8 Å². The van der Waals surface area contributed by atoms with E-state index in [0.29, 0.717) is 12.1 Å². The minimum atomic E-state index is -3.83. The normalized spacial score (nSPS) is 11.7. The lowest BCUT2D eigenvalue weighted by atomic mass is 10.2. The molecule has 0 saturated carbocycles. The van der Waals surface area contributed by atoms with E-state index in [1.807, 2.05) is 0 Å². The van der Waals surface area contributed by atoms with Gasteiger partial charge in [-0.15, -0.1) is 0 Å². The van der Waals surface area contributed by atoms with Crippen LogP contribution in [0.4, 0.5) is 0 Å². The Bertz CT molecular complexity index is 1130. The van der Waals surface area contributed by atoms with Gasteiger partial charge in [0, 0.05) is 25.5 Å². The fourth-order valence-electron chi connectivity index (χ4n) is 2.43. The quantitative estimate of drug-likeness (QED) is 0.721. The number of fused-ring (bicyclic) bond motifs is 1. The zero-order valence-electron chi connectivity index (χ0n) is 13.3. The number of aromatic nitrogens is 2. The van der Waals surface area contributed by atoms with Gasteiger partial charge in [-0.2, -0.15) is 0 Å². The second-order valence-corrected chi connectivity index (χ2v) is 7.03. The van der Waals surface area contributed by atoms with Crippen molar-refractivity contribution in [2.24, 2.45) is 0 Å². The van der Waals surface area contributed by atoms with E-state index in [9.17, 15) is 18.0 Å². The number of hydrogen-bond acceptors (Lipinski definition) is 6. The molecule has 2 heterocycles. The molecular formula is C16H15N3O5S. The summed E-state index contributed by atoms with van der Waals surface area (Å²) in [6, 6.07) is 7.37. The van der Waals surface area contributed by atoms with Crippen LogP contribution < -0.4 is 16.1 Å². The lowest BCUT2D eigenvalue weighted by Gasteiger charge is -2.09. The molecule has 0 amide bonds. The fourth-order valence-corrected chi connectivity index (χ4v) is 3.47. The second kappa shape index (κ2) is 6.61. The molecule has 25 heavy (non-hydrogen) atoms. The SMILES string of the molecule is CCn1c(=O)oc(=O)c2cc(S(=O)(=O)NCc3ccncc3)ccc21. The zero-order valence-corrected chi connectivity index (χ0v) is 14.1. The van der Waals surface area contributed by atoms with Crippen molar-refractivity contribution < 1.29 is 12.8 Å². The molecule has 0 aliphatic rings. The summed E-state index contributed by atoms with van der Waals surface area (Å²) in [5.74, 6) is -0.772. The maximum absolute atomic E-state index is 12.5. The summed E-state index contributed by atoms with van der Waals surface area (Å²) in [5, 5.41) is 0.0354. The van der Waals surface area contributed by atoms with Crippen LogP contribution in [0, 0.1) is 0 Å². The molecule has 3 aromatic rings. The summed E-state index contributed by atoms with van der Waals surface area (Å²) in [5.41, 5.74) is 0.214. The Labute approximate surface area is 142 Å². The molecule has 0 bridgehead atoms. The second-order valence-electron chi connectivity index (χ2n) is 5.26. The summed E-state index contributed by atoms with van der Waals surface area (Å²) in [7, 11) is -3.83. The molecule has 0 aliphatic carbocycles. The minimum Gasteiger partial charge on any atom is -0.372 e. The molecule has 0 fully saturated rings. The highest BCUT2D eigenvalue weighted by Gasteiger charge is 2.17. The first-order valence-electron chi connectivity index (χ1n) is 7.48. The summed E-state index contributed by atoms with van der Waals surface area (Å²) < 4.78 is 33.3. The van der Waals surface area contributed by atoms with Crippen molar-refractivity contribution in [3.63, 3.8) is 0 Å². The molecule has 0 spiro atoms. The zero-order chi connectivity index (χ0) is 18.0. The number of pyridine rings is 1. The van der Waals surface area contributed by atoms with Crippen LogP contribution in [0.2, 0.25) is 0 Å². The van der Waals surface area contributed by atoms with Gasteiger partial charge in [-0.1, -0.05) is 0 Å². The van der Waals surface area contributed by atoms with E-state index in [4.69, 9.17) is 0 Å². The van der Waals surface area contributed by atoms with Crippen LogP contribution in [0.1, 0.15) is 12.5 Å². The number of nitrogens with zero attached hydrogens (tertiary/aromatic N) is 2. The van der Waals surface area contributed by atoms with Gasteiger partial charge in [0.1, 0.15) is 0 Å². The Hall–Kier alpha value is -2.78. The summed E-state index contributed by atoms with van der Waals surface area (Å²) in [6.07, 6.45) is 3.13. The summed E-state index contributed by atoms with van der Waals surface area (Å²) in [4.78, 5) is 27.4. The van der Waals surface area contributed by atoms with Crippen molar-refractivity contribution in [3.8, 4) is 0 Å². The molecule has 0 radical (unpaired) electrons. The fraction of sp³-hybridized carbons (Fsp3) is 0.188. The Morgan fingerprint density at radius 3 is 2.56 bits per heavy atom. The number of hydrogen-bond donors (Lipinski definition) is 1. The van der Waals surface area contributed by atoms with Crippen LogP contribution in [-0.4, -0.2) is 18.0 Å². The van der Waals surface area contributed by atoms with Gasteiger partial charge in [0.2, 0.25) is 10.0 Å². The topological polar surface area (TPSA) is 111 Å². The van der Waals surface area contributed by atoms with Gasteiger partial charge in [-0.25, -0.2) is 22.7 Å². The first-order valence-corrected chi connectivity index (χ1v) is 8.97. The van der Waals surface area contributed by atoms with Gasteiger partial charge in [0.05, 0.1) is 15.8 Å². The van der Waals surface area contributed by atoms with Crippen molar-refractivity contribution in [1.29, 1.82) is 0 Å². The monoisotopic (exact) mass is 361 g/mol. The van der Waals surface area contributed by atoms with Crippen molar-refractivity contribution in [3.05, 3.63) is 69.3 Å². The van der Waals surface area contributed by atoms with Crippen LogP contribution in [0.5, 0.6) is 0 Å². The number of sulfonamides is 1.